The van der Waals surface area contributed by atoms with E-state index in [1.165, 1.54) is 12.1 Å². The molecule has 2 aromatic carbocycles. The number of carbonyl (C=O) groups is 4. The van der Waals surface area contributed by atoms with E-state index in [4.69, 9.17) is 18.6 Å². The van der Waals surface area contributed by atoms with Gasteiger partial charge >= 0.3 is 0 Å². The number of guanidine groups is 1. The number of amides is 4. The van der Waals surface area contributed by atoms with Crippen LogP contribution in [0.15, 0.2) is 59.6 Å². The minimum atomic E-state index is -1.10. The number of phenols is 1. The van der Waals surface area contributed by atoms with Crippen molar-refractivity contribution in [2.75, 3.05) is 13.1 Å². The largest absolute Gasteiger partial charge is 0.508 e. The van der Waals surface area contributed by atoms with E-state index in [9.17, 15) is 24.3 Å². The van der Waals surface area contributed by atoms with Gasteiger partial charge in [0.2, 0.25) is 23.6 Å². The Labute approximate surface area is 227 Å². The first-order chi connectivity index (χ1) is 19.1. The molecule has 13 heteroatoms. The number of hydrogen-bond donors (Lipinski definition) is 8. The summed E-state index contributed by atoms with van der Waals surface area (Å²) in [5.41, 5.74) is 19.5. The molecule has 13 nitrogen and oxygen atoms in total. The molecule has 3 atom stereocenters. The van der Waals surface area contributed by atoms with Gasteiger partial charge in [-0.25, -0.2) is 0 Å². The van der Waals surface area contributed by atoms with Crippen LogP contribution in [0.1, 0.15) is 24.0 Å². The van der Waals surface area contributed by atoms with Crippen LogP contribution in [0, 0.1) is 0 Å². The number of carbonyl (C=O) groups excluding carboxylic acids is 4. The molecule has 0 bridgehead atoms. The van der Waals surface area contributed by atoms with E-state index >= 15 is 0 Å². The molecule has 4 amide bonds. The van der Waals surface area contributed by atoms with Gasteiger partial charge in [-0.3, -0.25) is 24.2 Å². The summed E-state index contributed by atoms with van der Waals surface area (Å²) in [6, 6.07) is 11.9. The maximum absolute atomic E-state index is 13.4. The summed E-state index contributed by atoms with van der Waals surface area (Å²) in [6.45, 7) is -0.213. The second kappa shape index (κ2) is 15.6. The van der Waals surface area contributed by atoms with Gasteiger partial charge in [-0.1, -0.05) is 42.5 Å². The second-order valence-electron chi connectivity index (χ2n) is 8.87. The maximum atomic E-state index is 13.4. The molecule has 0 unspecified atom stereocenters. The molecular weight excluding hydrogens is 504 g/mol. The zero-order valence-electron chi connectivity index (χ0n) is 22.4. The summed E-state index contributed by atoms with van der Waals surface area (Å²) >= 11 is 0. The summed E-state index contributed by atoms with van der Waals surface area (Å²) in [5, 5.41) is 17.2. The number of aliphatic imine (C=N–C) groups is 1. The standard InChI is InChI=1S/C26H36N8O5/c27-19(13-17-8-10-18(35)11-9-17)23(37)33-20(7-4-12-31-26(29)30)25(39)34-21(24(38)32-15-22(28)36)14-16-5-2-1-3-6-16/h1-3,5-6,8-11,19-21,35H,4,7,12-15,27H2,(H2,28,36)(H,32,38)(H,33,37)(H,34,39)(H4,29,30,31)/t19-,20-,21-/m0/s1/i/hD. The second-order valence-corrected chi connectivity index (χ2v) is 8.87. The molecule has 0 aliphatic heterocycles. The highest BCUT2D eigenvalue weighted by Gasteiger charge is 2.28. The summed E-state index contributed by atoms with van der Waals surface area (Å²) < 4.78 is 7.63. The SMILES string of the molecule is [2H]N[C@@H](Cc1ccc(O)cc1)C(=O)N[C@@H](CCCN=C(N)N)C(=O)N[C@@H](Cc1ccccc1)C(=O)NCC(N)=O. The van der Waals surface area contributed by atoms with Crippen LogP contribution in [0.25, 0.3) is 0 Å². The summed E-state index contributed by atoms with van der Waals surface area (Å²) in [4.78, 5) is 54.4. The predicted octanol–water partition coefficient (Wildman–Crippen LogP) is -1.87. The van der Waals surface area contributed by atoms with Gasteiger partial charge in [0, 0.05) is 13.0 Å². The van der Waals surface area contributed by atoms with Gasteiger partial charge < -0.3 is 44.0 Å². The van der Waals surface area contributed by atoms with Gasteiger partial charge in [-0.2, -0.15) is 0 Å². The number of rotatable bonds is 16. The third-order valence-electron chi connectivity index (χ3n) is 5.62. The van der Waals surface area contributed by atoms with Crippen LogP contribution < -0.4 is 38.9 Å². The Morgan fingerprint density at radius 3 is 2.10 bits per heavy atom. The number of benzene rings is 2. The predicted molar refractivity (Wildman–Crippen MR) is 146 cm³/mol. The van der Waals surface area contributed by atoms with Crippen molar-refractivity contribution in [2.24, 2.45) is 27.9 Å². The van der Waals surface area contributed by atoms with Crippen LogP contribution in [0.4, 0.5) is 0 Å². The Kier molecular flexibility index (Phi) is 11.5. The van der Waals surface area contributed by atoms with Crippen LogP contribution in [0.5, 0.6) is 5.75 Å². The Hall–Kier alpha value is -4.65. The van der Waals surface area contributed by atoms with Crippen LogP contribution >= 0.6 is 0 Å². The van der Waals surface area contributed by atoms with Crippen LogP contribution in [-0.4, -0.2) is 65.9 Å². The number of aromatic hydroxyl groups is 1. The first kappa shape index (κ1) is 28.9. The first-order valence-electron chi connectivity index (χ1n) is 12.8. The molecule has 2 rings (SSSR count). The number of nitrogens with zero attached hydrogens (tertiary/aromatic N) is 1. The first-order valence-corrected chi connectivity index (χ1v) is 12.3. The van der Waals surface area contributed by atoms with E-state index in [2.05, 4.69) is 26.7 Å². The van der Waals surface area contributed by atoms with E-state index in [0.29, 0.717) is 12.0 Å². The Bertz CT molecular complexity index is 1160. The monoisotopic (exact) mass is 541 g/mol. The van der Waals surface area contributed by atoms with Gasteiger partial charge in [0.15, 0.2) is 5.96 Å². The van der Waals surface area contributed by atoms with E-state index < -0.39 is 48.3 Å². The third kappa shape index (κ3) is 11.5. The quantitative estimate of drug-likeness (QED) is 0.0678. The van der Waals surface area contributed by atoms with E-state index in [1.54, 1.807) is 42.5 Å². The summed E-state index contributed by atoms with van der Waals surface area (Å²) in [7, 11) is 0. The van der Waals surface area contributed by atoms with Gasteiger partial charge in [-0.05, 0) is 42.5 Å². The fourth-order valence-electron chi connectivity index (χ4n) is 3.63. The number of hydrogen-bond acceptors (Lipinski definition) is 7. The Balaban J connectivity index is 2.20. The Morgan fingerprint density at radius 2 is 1.49 bits per heavy atom. The van der Waals surface area contributed by atoms with Crippen LogP contribution in [0.3, 0.4) is 0 Å². The van der Waals surface area contributed by atoms with Gasteiger partial charge in [-0.15, -0.1) is 0 Å². The zero-order chi connectivity index (χ0) is 29.5. The molecular formula is C26H36N8O5. The van der Waals surface area contributed by atoms with Crippen molar-refractivity contribution in [1.82, 2.24) is 16.0 Å². The average Bonchev–Trinajstić information content (AvgIpc) is 2.92. The highest BCUT2D eigenvalue weighted by molar-refractivity contribution is 5.94. The van der Waals surface area contributed by atoms with Crippen molar-refractivity contribution in [3.63, 3.8) is 0 Å². The molecule has 2 aromatic rings. The normalized spacial score (nSPS) is 13.2. The molecule has 12 N–H and O–H groups in total. The molecule has 0 spiro atoms. The van der Waals surface area contributed by atoms with Crippen molar-refractivity contribution >= 4 is 29.6 Å². The molecule has 0 aliphatic carbocycles. The van der Waals surface area contributed by atoms with E-state index in [0.717, 1.165) is 5.56 Å². The van der Waals surface area contributed by atoms with Crippen LogP contribution in [-0.2, 0) is 32.0 Å². The molecule has 210 valence electrons. The number of nitrogens with two attached hydrogens (primary N) is 4. The van der Waals surface area contributed by atoms with Crippen molar-refractivity contribution in [3.05, 3.63) is 65.7 Å². The van der Waals surface area contributed by atoms with Gasteiger partial charge in [0.1, 0.15) is 19.2 Å². The average molecular weight is 542 g/mol. The third-order valence-corrected chi connectivity index (χ3v) is 5.62. The van der Waals surface area contributed by atoms with E-state index in [1.807, 2.05) is 0 Å². The lowest BCUT2D eigenvalue weighted by Gasteiger charge is -2.24. The summed E-state index contributed by atoms with van der Waals surface area (Å²) in [5.74, 6) is -2.70. The van der Waals surface area contributed by atoms with Crippen molar-refractivity contribution in [1.29, 1.82) is 0 Å². The fourth-order valence-corrected chi connectivity index (χ4v) is 3.63. The lowest BCUT2D eigenvalue weighted by atomic mass is 10.0. The van der Waals surface area contributed by atoms with Crippen molar-refractivity contribution in [2.45, 2.75) is 43.8 Å². The maximum Gasteiger partial charge on any atom is 0.243 e. The van der Waals surface area contributed by atoms with Crippen molar-refractivity contribution in [3.8, 4) is 5.75 Å². The summed E-state index contributed by atoms with van der Waals surface area (Å²) in [6.07, 6.45) is 0.678. The molecule has 0 saturated carbocycles. The fraction of sp³-hybridized carbons (Fsp3) is 0.346. The minimum absolute atomic E-state index is 0.0611. The topological polar surface area (TPSA) is 241 Å². The number of phenolic OH excluding ortho intramolecular Hbond substituents is 1. The zero-order valence-corrected chi connectivity index (χ0v) is 21.4. The molecule has 0 aliphatic rings. The van der Waals surface area contributed by atoms with Crippen molar-refractivity contribution < 1.29 is 25.7 Å². The molecule has 0 fully saturated rings. The van der Waals surface area contributed by atoms with Gasteiger partial charge in [0.25, 0.3) is 0 Å². The lowest BCUT2D eigenvalue weighted by Crippen LogP contribution is -2.56. The van der Waals surface area contributed by atoms with Crippen LogP contribution in [0.2, 0.25) is 1.41 Å². The molecule has 0 radical (unpaired) electrons. The molecule has 0 aromatic heterocycles. The molecule has 39 heavy (non-hydrogen) atoms. The number of primary amides is 1. The van der Waals surface area contributed by atoms with Gasteiger partial charge in [0.05, 0.1) is 12.6 Å². The van der Waals surface area contributed by atoms with E-state index in [-0.39, 0.29) is 37.5 Å². The smallest absolute Gasteiger partial charge is 0.243 e. The molecule has 0 saturated heterocycles. The number of nitrogens with one attached hydrogen (secondary N) is 3. The highest BCUT2D eigenvalue weighted by Crippen LogP contribution is 2.11. The lowest BCUT2D eigenvalue weighted by molar-refractivity contribution is -0.133. The molecule has 0 heterocycles. The highest BCUT2D eigenvalue weighted by atomic mass is 16.3. The Morgan fingerprint density at radius 1 is 0.846 bits per heavy atom. The minimum Gasteiger partial charge on any atom is -0.508 e.